The minimum absolute atomic E-state index is 0.0539. The Morgan fingerprint density at radius 2 is 1.51 bits per heavy atom. The van der Waals surface area contributed by atoms with Crippen LogP contribution < -0.4 is 9.62 Å². The van der Waals surface area contributed by atoms with E-state index in [2.05, 4.69) is 5.32 Å². The minimum atomic E-state index is -4.07. The molecule has 0 heterocycles. The molecule has 0 saturated heterocycles. The van der Waals surface area contributed by atoms with E-state index < -0.39 is 28.5 Å². The summed E-state index contributed by atoms with van der Waals surface area (Å²) in [6.45, 7) is 11.1. The van der Waals surface area contributed by atoms with E-state index in [0.717, 1.165) is 33.0 Å². The number of anilines is 1. The number of nitrogens with zero attached hydrogens (tertiary/aromatic N) is 2. The summed E-state index contributed by atoms with van der Waals surface area (Å²) in [6, 6.07) is 20.2. The molecule has 0 aromatic heterocycles. The van der Waals surface area contributed by atoms with Crippen molar-refractivity contribution < 1.29 is 18.0 Å². The molecule has 0 bridgehead atoms. The summed E-state index contributed by atoms with van der Waals surface area (Å²) in [6.07, 6.45) is 0.750. The van der Waals surface area contributed by atoms with Crippen LogP contribution in [0.25, 0.3) is 0 Å². The van der Waals surface area contributed by atoms with Gasteiger partial charge in [-0.25, -0.2) is 8.42 Å². The van der Waals surface area contributed by atoms with Crippen LogP contribution in [0.5, 0.6) is 0 Å². The molecule has 8 heteroatoms. The van der Waals surface area contributed by atoms with E-state index in [-0.39, 0.29) is 23.4 Å². The second kappa shape index (κ2) is 12.9. The molecule has 2 atom stereocenters. The number of sulfonamides is 1. The van der Waals surface area contributed by atoms with E-state index >= 15 is 0 Å². The lowest BCUT2D eigenvalue weighted by molar-refractivity contribution is -0.139. The number of nitrogens with one attached hydrogen (secondary N) is 1. The first-order valence-corrected chi connectivity index (χ1v) is 14.7. The van der Waals surface area contributed by atoms with Crippen LogP contribution in [0.15, 0.2) is 77.7 Å². The number of hydrogen-bond donors (Lipinski definition) is 1. The first kappa shape index (κ1) is 29.9. The summed E-state index contributed by atoms with van der Waals surface area (Å²) in [5, 5.41) is 2.95. The molecular weight excluding hydrogens is 510 g/mol. The topological polar surface area (TPSA) is 86.8 Å². The van der Waals surface area contributed by atoms with Crippen molar-refractivity contribution in [3.8, 4) is 0 Å². The summed E-state index contributed by atoms with van der Waals surface area (Å²) in [5.41, 5.74) is 4.24. The Morgan fingerprint density at radius 3 is 2.10 bits per heavy atom. The monoisotopic (exact) mass is 549 g/mol. The number of carbonyl (C=O) groups excluding carboxylic acids is 2. The predicted molar refractivity (Wildman–Crippen MR) is 156 cm³/mol. The van der Waals surface area contributed by atoms with E-state index in [1.807, 2.05) is 65.0 Å². The Hall–Kier alpha value is -3.65. The van der Waals surface area contributed by atoms with Gasteiger partial charge in [0.15, 0.2) is 0 Å². The lowest BCUT2D eigenvalue weighted by atomic mass is 10.1. The van der Waals surface area contributed by atoms with Crippen LogP contribution in [0, 0.1) is 20.8 Å². The van der Waals surface area contributed by atoms with Gasteiger partial charge in [0.05, 0.1) is 10.6 Å². The zero-order valence-corrected chi connectivity index (χ0v) is 24.5. The van der Waals surface area contributed by atoms with Gasteiger partial charge in [0, 0.05) is 12.6 Å². The average Bonchev–Trinajstić information content (AvgIpc) is 2.92. The van der Waals surface area contributed by atoms with Crippen molar-refractivity contribution in [3.05, 3.63) is 95.1 Å². The third-order valence-corrected chi connectivity index (χ3v) is 8.82. The third-order valence-electron chi connectivity index (χ3n) is 7.03. The van der Waals surface area contributed by atoms with Crippen LogP contribution in [0.3, 0.4) is 0 Å². The summed E-state index contributed by atoms with van der Waals surface area (Å²) in [4.78, 5) is 28.6. The highest BCUT2D eigenvalue weighted by atomic mass is 32.2. The lowest BCUT2D eigenvalue weighted by Crippen LogP contribution is -2.52. The van der Waals surface area contributed by atoms with Crippen LogP contribution in [-0.2, 0) is 26.2 Å². The van der Waals surface area contributed by atoms with Gasteiger partial charge < -0.3 is 10.2 Å². The first-order valence-electron chi connectivity index (χ1n) is 13.2. The van der Waals surface area contributed by atoms with Crippen molar-refractivity contribution in [2.75, 3.05) is 10.8 Å². The maximum Gasteiger partial charge on any atom is 0.264 e. The number of hydrogen-bond acceptors (Lipinski definition) is 4. The van der Waals surface area contributed by atoms with Crippen molar-refractivity contribution in [3.63, 3.8) is 0 Å². The number of benzene rings is 3. The van der Waals surface area contributed by atoms with Crippen LogP contribution in [0.4, 0.5) is 5.69 Å². The Bertz CT molecular complexity index is 1390. The van der Waals surface area contributed by atoms with E-state index in [4.69, 9.17) is 0 Å². The van der Waals surface area contributed by atoms with Crippen molar-refractivity contribution in [1.82, 2.24) is 10.2 Å². The molecule has 3 aromatic rings. The highest BCUT2D eigenvalue weighted by Crippen LogP contribution is 2.26. The predicted octanol–water partition coefficient (Wildman–Crippen LogP) is 5.14. The quantitative estimate of drug-likeness (QED) is 0.359. The largest absolute Gasteiger partial charge is 0.352 e. The summed E-state index contributed by atoms with van der Waals surface area (Å²) >= 11 is 0. The number of rotatable bonds is 11. The van der Waals surface area contributed by atoms with Gasteiger partial charge in [-0.1, -0.05) is 61.0 Å². The van der Waals surface area contributed by atoms with E-state index in [0.29, 0.717) is 5.69 Å². The lowest BCUT2D eigenvalue weighted by Gasteiger charge is -2.32. The highest BCUT2D eigenvalue weighted by molar-refractivity contribution is 7.92. The molecule has 0 aliphatic rings. The first-order chi connectivity index (χ1) is 18.4. The molecule has 2 amide bonds. The SMILES string of the molecule is CC[C@H](C)NC(=O)[C@H](C)N(Cc1ccc(C)cc1)C(=O)CN(c1ccc(C)c(C)c1)S(=O)(=O)c1ccccc1. The Morgan fingerprint density at radius 1 is 0.872 bits per heavy atom. The van der Waals surface area contributed by atoms with Crippen molar-refractivity contribution >= 4 is 27.5 Å². The van der Waals surface area contributed by atoms with Crippen LogP contribution in [0.2, 0.25) is 0 Å². The maximum absolute atomic E-state index is 14.0. The molecular formula is C31H39N3O4S. The van der Waals surface area contributed by atoms with Gasteiger partial charge in [-0.3, -0.25) is 13.9 Å². The normalized spacial score (nSPS) is 12.9. The Balaban J connectivity index is 2.03. The van der Waals surface area contributed by atoms with Crippen LogP contribution in [-0.4, -0.2) is 43.8 Å². The van der Waals surface area contributed by atoms with Gasteiger partial charge in [0.1, 0.15) is 12.6 Å². The third kappa shape index (κ3) is 7.47. The number of amides is 2. The Kier molecular flexibility index (Phi) is 9.92. The van der Waals surface area contributed by atoms with Crippen molar-refractivity contribution in [2.24, 2.45) is 0 Å². The van der Waals surface area contributed by atoms with Crippen LogP contribution in [0.1, 0.15) is 49.4 Å². The second-order valence-corrected chi connectivity index (χ2v) is 12.0. The zero-order valence-electron chi connectivity index (χ0n) is 23.6. The van der Waals surface area contributed by atoms with Gasteiger partial charge >= 0.3 is 0 Å². The average molecular weight is 550 g/mol. The molecule has 0 fully saturated rings. The molecule has 0 aliphatic heterocycles. The highest BCUT2D eigenvalue weighted by Gasteiger charge is 2.32. The number of carbonyl (C=O) groups is 2. The fourth-order valence-electron chi connectivity index (χ4n) is 4.07. The number of aryl methyl sites for hydroxylation is 3. The summed E-state index contributed by atoms with van der Waals surface area (Å²) in [5.74, 6) is -0.756. The molecule has 3 rings (SSSR count). The summed E-state index contributed by atoms with van der Waals surface area (Å²) < 4.78 is 28.8. The van der Waals surface area contributed by atoms with E-state index in [9.17, 15) is 18.0 Å². The van der Waals surface area contributed by atoms with E-state index in [1.54, 1.807) is 37.3 Å². The van der Waals surface area contributed by atoms with Gasteiger partial charge in [-0.2, -0.15) is 0 Å². The molecule has 0 spiro atoms. The molecule has 7 nitrogen and oxygen atoms in total. The van der Waals surface area contributed by atoms with Crippen LogP contribution >= 0.6 is 0 Å². The second-order valence-electron chi connectivity index (χ2n) is 10.1. The minimum Gasteiger partial charge on any atom is -0.352 e. The standard InChI is InChI=1S/C31H39N3O4S/c1-7-25(5)32-31(36)26(6)33(20-27-16-13-22(2)14-17-27)30(35)21-34(28-18-15-23(3)24(4)19-28)39(37,38)29-11-9-8-10-12-29/h8-19,25-26H,7,20-21H2,1-6H3,(H,32,36)/t25-,26-/m0/s1. The van der Waals surface area contributed by atoms with Crippen molar-refractivity contribution in [1.29, 1.82) is 0 Å². The molecule has 39 heavy (non-hydrogen) atoms. The van der Waals surface area contributed by atoms with Gasteiger partial charge in [-0.05, 0) is 82.0 Å². The fourth-order valence-corrected chi connectivity index (χ4v) is 5.49. The molecule has 1 N–H and O–H groups in total. The molecule has 208 valence electrons. The molecule has 0 radical (unpaired) electrons. The molecule has 3 aromatic carbocycles. The van der Waals surface area contributed by atoms with Gasteiger partial charge in [-0.15, -0.1) is 0 Å². The zero-order chi connectivity index (χ0) is 28.7. The smallest absolute Gasteiger partial charge is 0.264 e. The fraction of sp³-hybridized carbons (Fsp3) is 0.355. The Labute approximate surface area is 232 Å². The van der Waals surface area contributed by atoms with Gasteiger partial charge in [0.2, 0.25) is 11.8 Å². The van der Waals surface area contributed by atoms with Crippen molar-refractivity contribution in [2.45, 2.75) is 71.5 Å². The maximum atomic E-state index is 14.0. The summed E-state index contributed by atoms with van der Waals surface area (Å²) in [7, 11) is -4.07. The molecule has 0 aliphatic carbocycles. The van der Waals surface area contributed by atoms with Gasteiger partial charge in [0.25, 0.3) is 10.0 Å². The van der Waals surface area contributed by atoms with E-state index in [1.165, 1.54) is 17.0 Å². The molecule has 0 saturated carbocycles. The molecule has 0 unspecified atom stereocenters.